The third-order valence-electron chi connectivity index (χ3n) is 2.22. The maximum Gasteiger partial charge on any atom is 0.166 e. The lowest BCUT2D eigenvalue weighted by molar-refractivity contribution is -0.130. The molecule has 1 rings (SSSR count). The van der Waals surface area contributed by atoms with Crippen LogP contribution >= 0.6 is 0 Å². The van der Waals surface area contributed by atoms with Crippen molar-refractivity contribution in [3.05, 3.63) is 35.9 Å². The van der Waals surface area contributed by atoms with Crippen molar-refractivity contribution in [2.24, 2.45) is 0 Å². The van der Waals surface area contributed by atoms with Crippen LogP contribution in [0.15, 0.2) is 30.3 Å². The van der Waals surface area contributed by atoms with Crippen LogP contribution in [0.3, 0.4) is 0 Å². The molecule has 1 unspecified atom stereocenters. The molecule has 0 aromatic heterocycles. The van der Waals surface area contributed by atoms with E-state index in [1.165, 1.54) is 0 Å². The molecule has 0 heterocycles. The summed E-state index contributed by atoms with van der Waals surface area (Å²) in [6.45, 7) is 4.48. The Labute approximate surface area is 91.3 Å². The first kappa shape index (κ1) is 11.9. The van der Waals surface area contributed by atoms with Crippen LogP contribution in [0.1, 0.15) is 38.4 Å². The normalized spacial score (nSPS) is 12.4. The van der Waals surface area contributed by atoms with Crippen LogP contribution in [0, 0.1) is 0 Å². The number of rotatable bonds is 6. The number of ether oxygens (including phenoxy) is 1. The van der Waals surface area contributed by atoms with Crippen molar-refractivity contribution < 1.29 is 9.53 Å². The second kappa shape index (κ2) is 6.36. The van der Waals surface area contributed by atoms with Crippen molar-refractivity contribution in [1.29, 1.82) is 0 Å². The second-order valence-electron chi connectivity index (χ2n) is 3.46. The van der Waals surface area contributed by atoms with E-state index in [0.717, 1.165) is 12.0 Å². The molecular weight excluding hydrogens is 188 g/mol. The lowest BCUT2D eigenvalue weighted by atomic mass is 10.0. The lowest BCUT2D eigenvalue weighted by Crippen LogP contribution is -2.15. The summed E-state index contributed by atoms with van der Waals surface area (Å²) in [5.41, 5.74) is 0.956. The summed E-state index contributed by atoms with van der Waals surface area (Å²) >= 11 is 0. The van der Waals surface area contributed by atoms with Gasteiger partial charge in [0, 0.05) is 13.0 Å². The number of benzene rings is 1. The Balaban J connectivity index is 2.78. The average Bonchev–Trinajstić information content (AvgIpc) is 2.27. The van der Waals surface area contributed by atoms with Gasteiger partial charge in [-0.25, -0.2) is 0 Å². The highest BCUT2D eigenvalue weighted by atomic mass is 16.5. The van der Waals surface area contributed by atoms with E-state index in [1.807, 2.05) is 44.2 Å². The van der Waals surface area contributed by atoms with Crippen molar-refractivity contribution in [2.45, 2.75) is 32.8 Å². The minimum absolute atomic E-state index is 0.172. The highest BCUT2D eigenvalue weighted by Crippen LogP contribution is 2.20. The Morgan fingerprint density at radius 1 is 1.27 bits per heavy atom. The molecule has 0 bridgehead atoms. The molecule has 2 nitrogen and oxygen atoms in total. The zero-order valence-electron chi connectivity index (χ0n) is 9.40. The Kier molecular flexibility index (Phi) is 5.05. The molecule has 0 spiro atoms. The van der Waals surface area contributed by atoms with Crippen molar-refractivity contribution in [3.8, 4) is 0 Å². The molecule has 0 fully saturated rings. The molecule has 0 amide bonds. The van der Waals surface area contributed by atoms with Gasteiger partial charge in [-0.2, -0.15) is 0 Å². The van der Waals surface area contributed by atoms with Gasteiger partial charge in [-0.15, -0.1) is 0 Å². The van der Waals surface area contributed by atoms with Gasteiger partial charge in [0.2, 0.25) is 0 Å². The van der Waals surface area contributed by atoms with Crippen LogP contribution in [0.2, 0.25) is 0 Å². The topological polar surface area (TPSA) is 26.3 Å². The third-order valence-corrected chi connectivity index (χ3v) is 2.22. The van der Waals surface area contributed by atoms with Crippen molar-refractivity contribution in [3.63, 3.8) is 0 Å². The summed E-state index contributed by atoms with van der Waals surface area (Å²) in [6.07, 6.45) is 1.07. The maximum absolute atomic E-state index is 11.8. The number of carbonyl (C=O) groups excluding carboxylic acids is 1. The van der Waals surface area contributed by atoms with Gasteiger partial charge in [-0.1, -0.05) is 37.3 Å². The monoisotopic (exact) mass is 206 g/mol. The molecule has 0 saturated heterocycles. The summed E-state index contributed by atoms with van der Waals surface area (Å²) in [7, 11) is 0. The average molecular weight is 206 g/mol. The lowest BCUT2D eigenvalue weighted by Gasteiger charge is -2.15. The smallest absolute Gasteiger partial charge is 0.166 e. The predicted octanol–water partition coefficient (Wildman–Crippen LogP) is 3.13. The zero-order valence-corrected chi connectivity index (χ0v) is 9.40. The summed E-state index contributed by atoms with van der Waals surface area (Å²) in [5, 5.41) is 0. The van der Waals surface area contributed by atoms with Gasteiger partial charge < -0.3 is 4.74 Å². The van der Waals surface area contributed by atoms with Crippen LogP contribution < -0.4 is 0 Å². The fourth-order valence-electron chi connectivity index (χ4n) is 1.55. The number of carbonyl (C=O) groups is 1. The highest BCUT2D eigenvalue weighted by molar-refractivity contribution is 5.84. The minimum Gasteiger partial charge on any atom is -0.366 e. The second-order valence-corrected chi connectivity index (χ2v) is 3.46. The third kappa shape index (κ3) is 3.48. The highest BCUT2D eigenvalue weighted by Gasteiger charge is 2.19. The van der Waals surface area contributed by atoms with Gasteiger partial charge in [0.15, 0.2) is 5.78 Å². The number of hydrogen-bond donors (Lipinski definition) is 0. The summed E-state index contributed by atoms with van der Waals surface area (Å²) in [5.74, 6) is 0.172. The fourth-order valence-corrected chi connectivity index (χ4v) is 1.55. The molecule has 82 valence electrons. The fraction of sp³-hybridized carbons (Fsp3) is 0.462. The Morgan fingerprint density at radius 3 is 2.47 bits per heavy atom. The van der Waals surface area contributed by atoms with E-state index in [-0.39, 0.29) is 11.9 Å². The first-order valence-corrected chi connectivity index (χ1v) is 5.48. The van der Waals surface area contributed by atoms with E-state index in [2.05, 4.69) is 0 Å². The molecular formula is C13H18O2. The molecule has 0 aliphatic heterocycles. The minimum atomic E-state index is -0.379. The molecule has 0 saturated carbocycles. The van der Waals surface area contributed by atoms with Crippen LogP contribution in [-0.4, -0.2) is 12.4 Å². The summed E-state index contributed by atoms with van der Waals surface area (Å²) < 4.78 is 5.49. The molecule has 0 N–H and O–H groups in total. The Morgan fingerprint density at radius 2 is 1.93 bits per heavy atom. The number of Topliss-reactive ketones (excluding diaryl/α,β-unsaturated/α-hetero) is 1. The van der Waals surface area contributed by atoms with E-state index >= 15 is 0 Å². The molecule has 15 heavy (non-hydrogen) atoms. The van der Waals surface area contributed by atoms with Crippen LogP contribution in [0.5, 0.6) is 0 Å². The maximum atomic E-state index is 11.8. The van der Waals surface area contributed by atoms with Crippen LogP contribution in [0.4, 0.5) is 0 Å². The first-order valence-electron chi connectivity index (χ1n) is 5.48. The van der Waals surface area contributed by atoms with E-state index in [1.54, 1.807) is 0 Å². The van der Waals surface area contributed by atoms with Crippen LogP contribution in [-0.2, 0) is 9.53 Å². The molecule has 0 radical (unpaired) electrons. The standard InChI is InChI=1S/C13H18O2/c1-3-8-12(14)13(15-4-2)11-9-6-5-7-10-11/h5-7,9-10,13H,3-4,8H2,1-2H3. The van der Waals surface area contributed by atoms with Crippen molar-refractivity contribution in [1.82, 2.24) is 0 Å². The molecule has 2 heteroatoms. The molecule has 0 aliphatic carbocycles. The number of hydrogen-bond acceptors (Lipinski definition) is 2. The van der Waals surface area contributed by atoms with Crippen molar-refractivity contribution in [2.75, 3.05) is 6.61 Å². The van der Waals surface area contributed by atoms with E-state index in [0.29, 0.717) is 13.0 Å². The van der Waals surface area contributed by atoms with Gasteiger partial charge in [0.25, 0.3) is 0 Å². The van der Waals surface area contributed by atoms with Gasteiger partial charge >= 0.3 is 0 Å². The molecule has 1 aromatic rings. The van der Waals surface area contributed by atoms with Gasteiger partial charge in [0.1, 0.15) is 6.10 Å². The quantitative estimate of drug-likeness (QED) is 0.714. The molecule has 1 aromatic carbocycles. The largest absolute Gasteiger partial charge is 0.366 e. The predicted molar refractivity (Wildman–Crippen MR) is 60.7 cm³/mol. The number of ketones is 1. The summed E-state index contributed by atoms with van der Waals surface area (Å²) in [6, 6.07) is 9.68. The van der Waals surface area contributed by atoms with Gasteiger partial charge in [-0.05, 0) is 18.9 Å². The zero-order chi connectivity index (χ0) is 11.1. The van der Waals surface area contributed by atoms with E-state index in [9.17, 15) is 4.79 Å². The molecule has 0 aliphatic rings. The van der Waals surface area contributed by atoms with Crippen molar-refractivity contribution >= 4 is 5.78 Å². The van der Waals surface area contributed by atoms with Gasteiger partial charge in [0.05, 0.1) is 0 Å². The first-order chi connectivity index (χ1) is 7.29. The van der Waals surface area contributed by atoms with E-state index in [4.69, 9.17) is 4.74 Å². The SMILES string of the molecule is CCCC(=O)C(OCC)c1ccccc1. The summed E-state index contributed by atoms with van der Waals surface area (Å²) in [4.78, 5) is 11.8. The Bertz CT molecular complexity index is 293. The van der Waals surface area contributed by atoms with Crippen LogP contribution in [0.25, 0.3) is 0 Å². The van der Waals surface area contributed by atoms with E-state index < -0.39 is 0 Å². The molecule has 1 atom stereocenters. The van der Waals surface area contributed by atoms with Gasteiger partial charge in [-0.3, -0.25) is 4.79 Å². The Hall–Kier alpha value is -1.15.